The number of amides is 1. The van der Waals surface area contributed by atoms with Crippen LogP contribution in [-0.4, -0.2) is 52.4 Å². The first kappa shape index (κ1) is 24.7. The molecule has 1 heterocycles. The second-order valence-electron chi connectivity index (χ2n) is 7.20. The van der Waals surface area contributed by atoms with Gasteiger partial charge >= 0.3 is 0 Å². The van der Waals surface area contributed by atoms with Gasteiger partial charge in [0.15, 0.2) is 0 Å². The first-order valence-corrected chi connectivity index (χ1v) is 10.9. The van der Waals surface area contributed by atoms with E-state index in [1.807, 2.05) is 6.92 Å². The SMILES string of the molecule is CCOc1ccc(S(=O)(=O)N(C)C)cc1NC(=O)CC(C)C1CCNCC1.Cl. The summed E-state index contributed by atoms with van der Waals surface area (Å²) in [6, 6.07) is 4.55. The number of anilines is 1. The first-order chi connectivity index (χ1) is 12.8. The van der Waals surface area contributed by atoms with Gasteiger partial charge in [-0.25, -0.2) is 12.7 Å². The zero-order chi connectivity index (χ0) is 20.0. The molecule has 7 nitrogen and oxygen atoms in total. The Hall–Kier alpha value is -1.35. The molecule has 0 aliphatic carbocycles. The molecule has 28 heavy (non-hydrogen) atoms. The Kier molecular flexibility index (Phi) is 9.69. The van der Waals surface area contributed by atoms with Crippen molar-refractivity contribution in [1.82, 2.24) is 9.62 Å². The Labute approximate surface area is 174 Å². The number of ether oxygens (including phenoxy) is 1. The van der Waals surface area contributed by atoms with Gasteiger partial charge in [-0.05, 0) is 62.9 Å². The van der Waals surface area contributed by atoms with Crippen LogP contribution in [0.25, 0.3) is 0 Å². The Morgan fingerprint density at radius 1 is 1.32 bits per heavy atom. The highest BCUT2D eigenvalue weighted by Gasteiger charge is 2.23. The zero-order valence-electron chi connectivity index (χ0n) is 17.0. The van der Waals surface area contributed by atoms with E-state index in [4.69, 9.17) is 4.74 Å². The van der Waals surface area contributed by atoms with Crippen molar-refractivity contribution < 1.29 is 17.9 Å². The summed E-state index contributed by atoms with van der Waals surface area (Å²) in [4.78, 5) is 12.7. The third-order valence-corrected chi connectivity index (χ3v) is 6.81. The molecular weight excluding hydrogens is 402 g/mol. The van der Waals surface area contributed by atoms with Crippen LogP contribution in [0, 0.1) is 11.8 Å². The van der Waals surface area contributed by atoms with Gasteiger partial charge in [0, 0.05) is 20.5 Å². The molecule has 2 rings (SSSR count). The molecule has 0 saturated carbocycles. The summed E-state index contributed by atoms with van der Waals surface area (Å²) in [6.07, 6.45) is 2.56. The molecule has 1 aromatic rings. The van der Waals surface area contributed by atoms with Crippen LogP contribution in [0.4, 0.5) is 5.69 Å². The van der Waals surface area contributed by atoms with Crippen LogP contribution in [0.5, 0.6) is 5.75 Å². The maximum atomic E-state index is 12.6. The van der Waals surface area contributed by atoms with Crippen LogP contribution in [-0.2, 0) is 14.8 Å². The minimum absolute atomic E-state index is 0. The lowest BCUT2D eigenvalue weighted by Gasteiger charge is -2.28. The number of piperidine rings is 1. The second kappa shape index (κ2) is 11.0. The van der Waals surface area contributed by atoms with Gasteiger partial charge in [0.2, 0.25) is 15.9 Å². The number of carbonyl (C=O) groups excluding carboxylic acids is 1. The summed E-state index contributed by atoms with van der Waals surface area (Å²) >= 11 is 0. The van der Waals surface area contributed by atoms with Crippen LogP contribution >= 0.6 is 12.4 Å². The molecule has 1 aliphatic heterocycles. The van der Waals surface area contributed by atoms with Crippen molar-refractivity contribution in [3.05, 3.63) is 18.2 Å². The average Bonchev–Trinajstić information content (AvgIpc) is 2.63. The number of benzene rings is 1. The molecule has 0 radical (unpaired) electrons. The molecule has 0 aromatic heterocycles. The second-order valence-corrected chi connectivity index (χ2v) is 9.35. The lowest BCUT2D eigenvalue weighted by molar-refractivity contribution is -0.117. The first-order valence-electron chi connectivity index (χ1n) is 9.45. The molecule has 1 atom stereocenters. The van der Waals surface area contributed by atoms with Gasteiger partial charge in [0.1, 0.15) is 5.75 Å². The molecule has 1 aromatic carbocycles. The predicted octanol–water partition coefficient (Wildman–Crippen LogP) is 2.72. The minimum Gasteiger partial charge on any atom is -0.492 e. The van der Waals surface area contributed by atoms with Gasteiger partial charge < -0.3 is 15.4 Å². The van der Waals surface area contributed by atoms with Gasteiger partial charge in [-0.1, -0.05) is 6.92 Å². The van der Waals surface area contributed by atoms with E-state index < -0.39 is 10.0 Å². The molecule has 1 unspecified atom stereocenters. The predicted molar refractivity (Wildman–Crippen MR) is 114 cm³/mol. The van der Waals surface area contributed by atoms with E-state index in [-0.39, 0.29) is 29.1 Å². The third kappa shape index (κ3) is 6.34. The Balaban J connectivity index is 0.00000392. The quantitative estimate of drug-likeness (QED) is 0.658. The number of hydrogen-bond donors (Lipinski definition) is 2. The van der Waals surface area contributed by atoms with Crippen molar-refractivity contribution >= 4 is 34.0 Å². The smallest absolute Gasteiger partial charge is 0.242 e. The molecular formula is C19H32ClN3O4S. The summed E-state index contributed by atoms with van der Waals surface area (Å²) in [5.74, 6) is 1.15. The van der Waals surface area contributed by atoms with Gasteiger partial charge in [0.05, 0.1) is 17.2 Å². The van der Waals surface area contributed by atoms with Crippen LogP contribution < -0.4 is 15.4 Å². The maximum absolute atomic E-state index is 12.6. The number of carbonyl (C=O) groups is 1. The molecule has 1 aliphatic rings. The summed E-state index contributed by atoms with van der Waals surface area (Å²) in [5.41, 5.74) is 0.391. The zero-order valence-corrected chi connectivity index (χ0v) is 18.7. The summed E-state index contributed by atoms with van der Waals surface area (Å²) in [7, 11) is -0.634. The van der Waals surface area contributed by atoms with Crippen LogP contribution in [0.3, 0.4) is 0 Å². The third-order valence-electron chi connectivity index (χ3n) is 5.00. The highest BCUT2D eigenvalue weighted by atomic mass is 35.5. The van der Waals surface area contributed by atoms with Crippen molar-refractivity contribution in [3.63, 3.8) is 0 Å². The molecule has 1 amide bonds. The van der Waals surface area contributed by atoms with E-state index >= 15 is 0 Å². The van der Waals surface area contributed by atoms with Crippen LogP contribution in [0.1, 0.15) is 33.1 Å². The Bertz CT molecular complexity index is 750. The van der Waals surface area contributed by atoms with Crippen molar-refractivity contribution in [3.8, 4) is 5.75 Å². The van der Waals surface area contributed by atoms with Gasteiger partial charge in [-0.15, -0.1) is 12.4 Å². The van der Waals surface area contributed by atoms with Gasteiger partial charge in [0.25, 0.3) is 0 Å². The van der Waals surface area contributed by atoms with Crippen LogP contribution in [0.15, 0.2) is 23.1 Å². The summed E-state index contributed by atoms with van der Waals surface area (Å²) in [5, 5.41) is 6.19. The van der Waals surface area contributed by atoms with Crippen molar-refractivity contribution in [2.24, 2.45) is 11.8 Å². The minimum atomic E-state index is -3.59. The van der Waals surface area contributed by atoms with Gasteiger partial charge in [-0.3, -0.25) is 4.79 Å². The topological polar surface area (TPSA) is 87.7 Å². The summed E-state index contributed by atoms with van der Waals surface area (Å²) in [6.45, 7) is 6.36. The average molecular weight is 434 g/mol. The lowest BCUT2D eigenvalue weighted by Crippen LogP contribution is -2.32. The van der Waals surface area contributed by atoms with Crippen molar-refractivity contribution in [2.75, 3.05) is 39.1 Å². The Morgan fingerprint density at radius 3 is 2.54 bits per heavy atom. The molecule has 2 N–H and O–H groups in total. The van der Waals surface area contributed by atoms with Crippen molar-refractivity contribution in [2.45, 2.75) is 38.0 Å². The number of halogens is 1. The largest absolute Gasteiger partial charge is 0.492 e. The molecule has 9 heteroatoms. The summed E-state index contributed by atoms with van der Waals surface area (Å²) < 4.78 is 31.5. The normalized spacial score (nSPS) is 16.3. The maximum Gasteiger partial charge on any atom is 0.242 e. The fourth-order valence-corrected chi connectivity index (χ4v) is 4.26. The molecule has 0 spiro atoms. The number of rotatable bonds is 8. The molecule has 1 saturated heterocycles. The highest BCUT2D eigenvalue weighted by molar-refractivity contribution is 7.89. The standard InChI is InChI=1S/C19H31N3O4S.ClH/c1-5-26-18-7-6-16(27(24,25)22(3)4)13-17(18)21-19(23)12-14(2)15-8-10-20-11-9-15;/h6-7,13-15,20H,5,8-12H2,1-4H3,(H,21,23);1H. The van der Waals surface area contributed by atoms with Crippen molar-refractivity contribution in [1.29, 1.82) is 0 Å². The fraction of sp³-hybridized carbons (Fsp3) is 0.632. The number of hydrogen-bond acceptors (Lipinski definition) is 5. The highest BCUT2D eigenvalue weighted by Crippen LogP contribution is 2.30. The van der Waals surface area contributed by atoms with Gasteiger partial charge in [-0.2, -0.15) is 0 Å². The molecule has 1 fully saturated rings. The molecule has 0 bridgehead atoms. The van der Waals surface area contributed by atoms with E-state index in [0.717, 1.165) is 30.2 Å². The monoisotopic (exact) mass is 433 g/mol. The number of nitrogens with one attached hydrogen (secondary N) is 2. The van der Waals surface area contributed by atoms with E-state index in [0.29, 0.717) is 30.4 Å². The van der Waals surface area contributed by atoms with E-state index in [2.05, 4.69) is 17.6 Å². The number of nitrogens with zero attached hydrogens (tertiary/aromatic N) is 1. The fourth-order valence-electron chi connectivity index (χ4n) is 3.33. The van der Waals surface area contributed by atoms with E-state index in [9.17, 15) is 13.2 Å². The van der Waals surface area contributed by atoms with E-state index in [1.165, 1.54) is 26.2 Å². The lowest BCUT2D eigenvalue weighted by atomic mass is 9.84. The Morgan fingerprint density at radius 2 is 1.96 bits per heavy atom. The van der Waals surface area contributed by atoms with E-state index in [1.54, 1.807) is 6.07 Å². The number of sulfonamides is 1. The van der Waals surface area contributed by atoms with Crippen LogP contribution in [0.2, 0.25) is 0 Å². The molecule has 160 valence electrons.